The van der Waals surface area contributed by atoms with Crippen LogP contribution in [0.15, 0.2) is 54.6 Å². The quantitative estimate of drug-likeness (QED) is 0.530. The van der Waals surface area contributed by atoms with E-state index in [1.54, 1.807) is 24.3 Å². The molecule has 0 saturated carbocycles. The lowest BCUT2D eigenvalue weighted by Gasteiger charge is -2.04. The Morgan fingerprint density at radius 1 is 1.15 bits per heavy atom. The summed E-state index contributed by atoms with van der Waals surface area (Å²) in [5.74, 6) is -0.415. The number of hydrogen-bond donors (Lipinski definition) is 1. The molecule has 0 aliphatic carbocycles. The second-order valence-electron chi connectivity index (χ2n) is 4.20. The third-order valence-electron chi connectivity index (χ3n) is 2.68. The second kappa shape index (κ2) is 6.78. The molecule has 4 heteroatoms. The topological polar surface area (TPSA) is 52.3 Å². The van der Waals surface area contributed by atoms with Crippen LogP contribution in [0.1, 0.15) is 11.1 Å². The van der Waals surface area contributed by atoms with Crippen LogP contribution in [0, 0.1) is 0 Å². The molecule has 0 amide bonds. The Morgan fingerprint density at radius 3 is 2.55 bits per heavy atom. The van der Waals surface area contributed by atoms with Crippen molar-refractivity contribution in [2.75, 3.05) is 5.73 Å². The first-order valence-electron chi connectivity index (χ1n) is 6.09. The molecule has 102 valence electrons. The highest BCUT2D eigenvalue weighted by Crippen LogP contribution is 2.15. The van der Waals surface area contributed by atoms with Gasteiger partial charge in [-0.3, -0.25) is 0 Å². The molecule has 2 aromatic rings. The molecular formula is C16H14ClNO2. The van der Waals surface area contributed by atoms with Crippen molar-refractivity contribution in [1.29, 1.82) is 0 Å². The Balaban J connectivity index is 1.90. The molecule has 0 spiro atoms. The highest BCUT2D eigenvalue weighted by Gasteiger charge is 2.02. The minimum Gasteiger partial charge on any atom is -0.458 e. The average molecular weight is 288 g/mol. The maximum atomic E-state index is 11.6. The van der Waals surface area contributed by atoms with Crippen LogP contribution < -0.4 is 5.73 Å². The van der Waals surface area contributed by atoms with Crippen LogP contribution >= 0.6 is 11.6 Å². The monoisotopic (exact) mass is 287 g/mol. The molecule has 0 aliphatic heterocycles. The van der Waals surface area contributed by atoms with Gasteiger partial charge in [0.05, 0.1) is 0 Å². The Hall–Kier alpha value is -2.26. The molecule has 0 unspecified atom stereocenters. The third kappa shape index (κ3) is 4.14. The lowest BCUT2D eigenvalue weighted by atomic mass is 10.2. The average Bonchev–Trinajstić information content (AvgIpc) is 2.46. The summed E-state index contributed by atoms with van der Waals surface area (Å²) in [5, 5.41) is 0.586. The Kier molecular flexibility index (Phi) is 4.80. The van der Waals surface area contributed by atoms with Gasteiger partial charge in [0.2, 0.25) is 0 Å². The van der Waals surface area contributed by atoms with Crippen LogP contribution in [0.5, 0.6) is 0 Å². The predicted octanol–water partition coefficient (Wildman–Crippen LogP) is 3.68. The van der Waals surface area contributed by atoms with Crippen LogP contribution in [0.25, 0.3) is 6.08 Å². The lowest BCUT2D eigenvalue weighted by Crippen LogP contribution is -2.01. The highest BCUT2D eigenvalue weighted by molar-refractivity contribution is 6.31. The molecule has 0 radical (unpaired) electrons. The lowest BCUT2D eigenvalue weighted by molar-refractivity contribution is -0.138. The van der Waals surface area contributed by atoms with E-state index in [0.717, 1.165) is 11.1 Å². The molecule has 0 saturated heterocycles. The number of nitrogens with two attached hydrogens (primary N) is 1. The number of esters is 1. The molecule has 0 aliphatic rings. The first-order valence-corrected chi connectivity index (χ1v) is 6.47. The number of carbonyl (C=O) groups is 1. The van der Waals surface area contributed by atoms with Crippen molar-refractivity contribution in [2.24, 2.45) is 0 Å². The second-order valence-corrected chi connectivity index (χ2v) is 4.61. The van der Waals surface area contributed by atoms with E-state index in [0.29, 0.717) is 10.7 Å². The van der Waals surface area contributed by atoms with Gasteiger partial charge in [0.15, 0.2) is 0 Å². The van der Waals surface area contributed by atoms with Gasteiger partial charge < -0.3 is 10.5 Å². The zero-order valence-electron chi connectivity index (χ0n) is 10.8. The van der Waals surface area contributed by atoms with Gasteiger partial charge in [-0.2, -0.15) is 0 Å². The van der Waals surface area contributed by atoms with Gasteiger partial charge in [-0.1, -0.05) is 41.9 Å². The van der Waals surface area contributed by atoms with Crippen LogP contribution in [-0.4, -0.2) is 5.97 Å². The van der Waals surface area contributed by atoms with E-state index < -0.39 is 5.97 Å². The number of anilines is 1. The van der Waals surface area contributed by atoms with Gasteiger partial charge >= 0.3 is 5.97 Å². The van der Waals surface area contributed by atoms with E-state index in [1.807, 2.05) is 30.3 Å². The van der Waals surface area contributed by atoms with Gasteiger partial charge in [0.25, 0.3) is 0 Å². The van der Waals surface area contributed by atoms with Crippen molar-refractivity contribution in [3.05, 3.63) is 70.8 Å². The van der Waals surface area contributed by atoms with Gasteiger partial charge in [0.1, 0.15) is 6.61 Å². The minimum atomic E-state index is -0.415. The third-order valence-corrected chi connectivity index (χ3v) is 3.04. The van der Waals surface area contributed by atoms with Crippen molar-refractivity contribution in [2.45, 2.75) is 6.61 Å². The number of nitrogen functional groups attached to an aromatic ring is 1. The summed E-state index contributed by atoms with van der Waals surface area (Å²) in [5.41, 5.74) is 7.93. The summed E-state index contributed by atoms with van der Waals surface area (Å²) in [6, 6.07) is 14.5. The smallest absolute Gasteiger partial charge is 0.331 e. The zero-order chi connectivity index (χ0) is 14.4. The molecule has 3 nitrogen and oxygen atoms in total. The van der Waals surface area contributed by atoms with Crippen molar-refractivity contribution in [3.8, 4) is 0 Å². The first kappa shape index (κ1) is 14.2. The molecular weight excluding hydrogens is 274 g/mol. The predicted molar refractivity (Wildman–Crippen MR) is 81.1 cm³/mol. The zero-order valence-corrected chi connectivity index (χ0v) is 11.5. The van der Waals surface area contributed by atoms with Crippen molar-refractivity contribution >= 4 is 29.3 Å². The highest BCUT2D eigenvalue weighted by atomic mass is 35.5. The van der Waals surface area contributed by atoms with Crippen LogP contribution in [0.2, 0.25) is 5.02 Å². The van der Waals surface area contributed by atoms with Gasteiger partial charge in [-0.15, -0.1) is 0 Å². The molecule has 2 rings (SSSR count). The van der Waals surface area contributed by atoms with E-state index in [2.05, 4.69) is 0 Å². The van der Waals surface area contributed by atoms with E-state index >= 15 is 0 Å². The molecule has 0 heterocycles. The summed E-state index contributed by atoms with van der Waals surface area (Å²) in [7, 11) is 0. The fourth-order valence-electron chi connectivity index (χ4n) is 1.58. The molecule has 20 heavy (non-hydrogen) atoms. The van der Waals surface area contributed by atoms with Gasteiger partial charge in [-0.25, -0.2) is 4.79 Å². The van der Waals surface area contributed by atoms with E-state index in [-0.39, 0.29) is 6.61 Å². The molecule has 2 N–H and O–H groups in total. The van der Waals surface area contributed by atoms with Crippen LogP contribution in [0.3, 0.4) is 0 Å². The van der Waals surface area contributed by atoms with Crippen molar-refractivity contribution in [1.82, 2.24) is 0 Å². The van der Waals surface area contributed by atoms with Crippen LogP contribution in [0.4, 0.5) is 5.69 Å². The summed E-state index contributed by atoms with van der Waals surface area (Å²) >= 11 is 5.97. The number of ether oxygens (including phenoxy) is 1. The van der Waals surface area contributed by atoms with Gasteiger partial charge in [0, 0.05) is 22.3 Å². The molecule has 0 atom stereocenters. The molecule has 0 bridgehead atoms. The standard InChI is InChI=1S/C16H14ClNO2/c17-15-4-2-1-3-13(15)11-20-16(19)10-7-12-5-8-14(18)9-6-12/h1-10H,11,18H2/b10-7+. The largest absolute Gasteiger partial charge is 0.458 e. The fourth-order valence-corrected chi connectivity index (χ4v) is 1.77. The molecule has 0 fully saturated rings. The molecule has 2 aromatic carbocycles. The molecule has 0 aromatic heterocycles. The van der Waals surface area contributed by atoms with Crippen molar-refractivity contribution in [3.63, 3.8) is 0 Å². The Morgan fingerprint density at radius 2 is 1.85 bits per heavy atom. The fraction of sp³-hybridized carbons (Fsp3) is 0.0625. The van der Waals surface area contributed by atoms with Crippen LogP contribution in [-0.2, 0) is 16.1 Å². The van der Waals surface area contributed by atoms with Crippen molar-refractivity contribution < 1.29 is 9.53 Å². The van der Waals surface area contributed by atoms with E-state index in [1.165, 1.54) is 6.08 Å². The Bertz CT molecular complexity index is 621. The number of carbonyl (C=O) groups excluding carboxylic acids is 1. The summed E-state index contributed by atoms with van der Waals surface area (Å²) < 4.78 is 5.12. The maximum absolute atomic E-state index is 11.6. The number of halogens is 1. The van der Waals surface area contributed by atoms with E-state index in [4.69, 9.17) is 22.1 Å². The number of hydrogen-bond acceptors (Lipinski definition) is 3. The maximum Gasteiger partial charge on any atom is 0.331 e. The summed E-state index contributed by atoms with van der Waals surface area (Å²) in [6.45, 7) is 0.157. The minimum absolute atomic E-state index is 0.157. The van der Waals surface area contributed by atoms with E-state index in [9.17, 15) is 4.79 Å². The number of benzene rings is 2. The normalized spacial score (nSPS) is 10.7. The Labute approximate surface area is 122 Å². The number of rotatable bonds is 4. The summed E-state index contributed by atoms with van der Waals surface area (Å²) in [6.07, 6.45) is 3.05. The summed E-state index contributed by atoms with van der Waals surface area (Å²) in [4.78, 5) is 11.6. The SMILES string of the molecule is Nc1ccc(/C=C/C(=O)OCc2ccccc2Cl)cc1. The van der Waals surface area contributed by atoms with Gasteiger partial charge in [-0.05, 0) is 29.8 Å². The first-order chi connectivity index (χ1) is 9.65.